The van der Waals surface area contributed by atoms with Crippen LogP contribution in [0, 0.1) is 0 Å². The van der Waals surface area contributed by atoms with Gasteiger partial charge >= 0.3 is 0 Å². The van der Waals surface area contributed by atoms with Gasteiger partial charge in [0.1, 0.15) is 6.04 Å². The normalized spacial score (nSPS) is 18.1. The number of piperidine rings is 1. The predicted molar refractivity (Wildman–Crippen MR) is 136 cm³/mol. The fourth-order valence-electron chi connectivity index (χ4n) is 4.14. The van der Waals surface area contributed by atoms with Crippen LogP contribution >= 0.6 is 11.8 Å². The van der Waals surface area contributed by atoms with Crippen molar-refractivity contribution in [3.05, 3.63) is 65.7 Å². The minimum atomic E-state index is -3.78. The van der Waals surface area contributed by atoms with Gasteiger partial charge in [0.25, 0.3) is 0 Å². The molecule has 2 aromatic rings. The first-order valence-electron chi connectivity index (χ1n) is 11.6. The van der Waals surface area contributed by atoms with Gasteiger partial charge in [-0.2, -0.15) is 16.5 Å². The van der Waals surface area contributed by atoms with Crippen molar-refractivity contribution in [1.29, 1.82) is 0 Å². The summed E-state index contributed by atoms with van der Waals surface area (Å²) in [6.45, 7) is 4.61. The van der Waals surface area contributed by atoms with E-state index in [0.29, 0.717) is 24.8 Å². The van der Waals surface area contributed by atoms with Crippen molar-refractivity contribution >= 4 is 27.7 Å². The molecule has 1 aliphatic rings. The van der Waals surface area contributed by atoms with Gasteiger partial charge in [0.05, 0.1) is 4.90 Å². The molecule has 1 amide bonds. The van der Waals surface area contributed by atoms with Crippen LogP contribution in [-0.2, 0) is 27.9 Å². The highest BCUT2D eigenvalue weighted by Gasteiger charge is 2.25. The van der Waals surface area contributed by atoms with Crippen molar-refractivity contribution in [2.75, 3.05) is 18.6 Å². The molecule has 1 heterocycles. The van der Waals surface area contributed by atoms with Crippen molar-refractivity contribution in [2.24, 2.45) is 0 Å². The number of nitrogens with zero attached hydrogens (tertiary/aromatic N) is 1. The van der Waals surface area contributed by atoms with E-state index >= 15 is 0 Å². The molecular weight excluding hydrogens is 454 g/mol. The van der Waals surface area contributed by atoms with Crippen LogP contribution in [0.25, 0.3) is 0 Å². The second kappa shape index (κ2) is 12.6. The minimum absolute atomic E-state index is 0.160. The Kier molecular flexibility index (Phi) is 9.79. The highest BCUT2D eigenvalue weighted by molar-refractivity contribution is 7.98. The number of benzene rings is 2. The van der Waals surface area contributed by atoms with Crippen LogP contribution in [0.4, 0.5) is 0 Å². The molecule has 0 bridgehead atoms. The van der Waals surface area contributed by atoms with Crippen LogP contribution in [0.3, 0.4) is 0 Å². The zero-order valence-electron chi connectivity index (χ0n) is 19.5. The highest BCUT2D eigenvalue weighted by Crippen LogP contribution is 2.21. The molecule has 2 N–H and O–H groups in total. The first-order chi connectivity index (χ1) is 15.9. The highest BCUT2D eigenvalue weighted by atomic mass is 32.2. The summed E-state index contributed by atoms with van der Waals surface area (Å²) in [7, 11) is -3.78. The summed E-state index contributed by atoms with van der Waals surface area (Å²) in [5.41, 5.74) is 2.27. The Balaban J connectivity index is 1.67. The van der Waals surface area contributed by atoms with Gasteiger partial charge in [0.2, 0.25) is 15.9 Å². The monoisotopic (exact) mass is 489 g/mol. The van der Waals surface area contributed by atoms with Gasteiger partial charge in [-0.05, 0) is 68.0 Å². The molecule has 0 spiro atoms. The van der Waals surface area contributed by atoms with E-state index in [1.807, 2.05) is 24.5 Å². The van der Waals surface area contributed by atoms with Crippen LogP contribution < -0.4 is 10.0 Å². The van der Waals surface area contributed by atoms with Crippen LogP contribution in [0.1, 0.15) is 43.7 Å². The zero-order chi connectivity index (χ0) is 23.7. The van der Waals surface area contributed by atoms with E-state index in [9.17, 15) is 13.2 Å². The summed E-state index contributed by atoms with van der Waals surface area (Å²) < 4.78 is 28.2. The summed E-state index contributed by atoms with van der Waals surface area (Å²) in [4.78, 5) is 15.7. The van der Waals surface area contributed by atoms with Crippen molar-refractivity contribution < 1.29 is 13.2 Å². The maximum atomic E-state index is 13.0. The molecule has 2 atom stereocenters. The summed E-state index contributed by atoms with van der Waals surface area (Å²) in [6, 6.07) is 16.1. The van der Waals surface area contributed by atoms with Crippen molar-refractivity contribution in [3.63, 3.8) is 0 Å². The molecule has 3 rings (SSSR count). The average molecular weight is 490 g/mol. The number of hydrogen-bond acceptors (Lipinski definition) is 5. The van der Waals surface area contributed by atoms with Gasteiger partial charge in [-0.3, -0.25) is 9.69 Å². The lowest BCUT2D eigenvalue weighted by atomic mass is 10.0. The van der Waals surface area contributed by atoms with E-state index in [0.717, 1.165) is 18.7 Å². The van der Waals surface area contributed by atoms with E-state index in [1.165, 1.54) is 37.0 Å². The molecule has 0 aromatic heterocycles. The molecule has 1 aliphatic heterocycles. The molecule has 2 aromatic carbocycles. The Morgan fingerprint density at radius 1 is 1.09 bits per heavy atom. The van der Waals surface area contributed by atoms with Crippen LogP contribution in [-0.4, -0.2) is 49.9 Å². The van der Waals surface area contributed by atoms with Crippen molar-refractivity contribution in [3.8, 4) is 0 Å². The second-order valence-electron chi connectivity index (χ2n) is 8.57. The van der Waals surface area contributed by atoms with Crippen molar-refractivity contribution in [1.82, 2.24) is 14.9 Å². The van der Waals surface area contributed by atoms with Gasteiger partial charge < -0.3 is 5.32 Å². The lowest BCUT2D eigenvalue weighted by Crippen LogP contribution is -2.46. The van der Waals surface area contributed by atoms with E-state index in [2.05, 4.69) is 27.9 Å². The summed E-state index contributed by atoms with van der Waals surface area (Å²) in [5, 5.41) is 2.98. The standard InChI is InChI=1S/C25H35N3O3S2/c1-20-10-8-9-16-28(20)19-22-12-7-6-11-21(22)18-26-25(29)24(15-17-32-2)27-33(30,31)23-13-4-3-5-14-23/h3-7,11-14,20,24,27H,8-10,15-19H2,1-2H3,(H,26,29). The smallest absolute Gasteiger partial charge is 0.241 e. The summed E-state index contributed by atoms with van der Waals surface area (Å²) in [6.07, 6.45) is 6.09. The number of likely N-dealkylation sites (tertiary alicyclic amines) is 1. The second-order valence-corrected chi connectivity index (χ2v) is 11.3. The van der Waals surface area contributed by atoms with Crippen LogP contribution in [0.5, 0.6) is 0 Å². The number of thioether (sulfide) groups is 1. The Bertz CT molecular complexity index is 999. The number of hydrogen-bond donors (Lipinski definition) is 2. The first-order valence-corrected chi connectivity index (χ1v) is 14.4. The molecule has 1 fully saturated rings. The number of nitrogens with one attached hydrogen (secondary N) is 2. The topological polar surface area (TPSA) is 78.5 Å². The Hall–Kier alpha value is -1.87. The third-order valence-electron chi connectivity index (χ3n) is 6.16. The third-order valence-corrected chi connectivity index (χ3v) is 8.30. The van der Waals surface area contributed by atoms with Gasteiger partial charge in [-0.25, -0.2) is 8.42 Å². The maximum absolute atomic E-state index is 13.0. The van der Waals surface area contributed by atoms with E-state index in [1.54, 1.807) is 30.0 Å². The minimum Gasteiger partial charge on any atom is -0.351 e. The molecule has 33 heavy (non-hydrogen) atoms. The Morgan fingerprint density at radius 2 is 1.79 bits per heavy atom. The largest absolute Gasteiger partial charge is 0.351 e. The van der Waals surface area contributed by atoms with Crippen LogP contribution in [0.15, 0.2) is 59.5 Å². The van der Waals surface area contributed by atoms with E-state index in [-0.39, 0.29) is 10.8 Å². The lowest BCUT2D eigenvalue weighted by Gasteiger charge is -2.33. The average Bonchev–Trinajstić information content (AvgIpc) is 2.83. The number of rotatable bonds is 11. The number of carbonyl (C=O) groups excluding carboxylic acids is 1. The van der Waals surface area contributed by atoms with Gasteiger partial charge in [-0.15, -0.1) is 0 Å². The molecule has 180 valence electrons. The van der Waals surface area contributed by atoms with E-state index < -0.39 is 16.1 Å². The van der Waals surface area contributed by atoms with Crippen molar-refractivity contribution in [2.45, 2.75) is 62.7 Å². The first kappa shape index (κ1) is 25.7. The van der Waals surface area contributed by atoms with Gasteiger partial charge in [0.15, 0.2) is 0 Å². The van der Waals surface area contributed by atoms with E-state index in [4.69, 9.17) is 0 Å². The third kappa shape index (κ3) is 7.57. The van der Waals surface area contributed by atoms with Gasteiger partial charge in [-0.1, -0.05) is 48.9 Å². The molecule has 6 nitrogen and oxygen atoms in total. The molecule has 0 saturated carbocycles. The quantitative estimate of drug-likeness (QED) is 0.502. The SMILES string of the molecule is CSCCC(NS(=O)(=O)c1ccccc1)C(=O)NCc1ccccc1CN1CCCCC1C. The fraction of sp³-hybridized carbons (Fsp3) is 0.480. The number of amides is 1. The number of carbonyl (C=O) groups is 1. The zero-order valence-corrected chi connectivity index (χ0v) is 21.1. The molecular formula is C25H35N3O3S2. The Labute approximate surface area is 202 Å². The number of sulfonamides is 1. The Morgan fingerprint density at radius 3 is 2.48 bits per heavy atom. The fourth-order valence-corrected chi connectivity index (χ4v) is 5.86. The molecule has 2 unspecified atom stereocenters. The van der Waals surface area contributed by atoms with Crippen LogP contribution in [0.2, 0.25) is 0 Å². The molecule has 0 aliphatic carbocycles. The summed E-state index contributed by atoms with van der Waals surface area (Å²) >= 11 is 1.59. The maximum Gasteiger partial charge on any atom is 0.241 e. The lowest BCUT2D eigenvalue weighted by molar-refractivity contribution is -0.122. The molecule has 1 saturated heterocycles. The molecule has 0 radical (unpaired) electrons. The molecule has 8 heteroatoms. The predicted octanol–water partition coefficient (Wildman–Crippen LogP) is 3.78. The van der Waals surface area contributed by atoms with Gasteiger partial charge in [0, 0.05) is 19.1 Å². The summed E-state index contributed by atoms with van der Waals surface area (Å²) in [5.74, 6) is 0.378.